The van der Waals surface area contributed by atoms with E-state index in [4.69, 9.17) is 14.8 Å². The number of aryl methyl sites for hydroxylation is 1. The molecule has 0 aliphatic rings. The number of carboxylic acid groups (broad SMARTS) is 1. The third-order valence-electron chi connectivity index (χ3n) is 5.59. The molecule has 0 saturated heterocycles. The second kappa shape index (κ2) is 10.8. The molecule has 36 heavy (non-hydrogen) atoms. The fraction of sp³-hybridized carbons (Fsp3) is 0.222. The van der Waals surface area contributed by atoms with Crippen molar-refractivity contribution in [3.63, 3.8) is 0 Å². The Bertz CT molecular complexity index is 1430. The first kappa shape index (κ1) is 25.2. The zero-order valence-corrected chi connectivity index (χ0v) is 21.1. The van der Waals surface area contributed by atoms with Gasteiger partial charge in [-0.1, -0.05) is 18.2 Å². The van der Waals surface area contributed by atoms with E-state index < -0.39 is 11.9 Å². The summed E-state index contributed by atoms with van der Waals surface area (Å²) in [7, 11) is 5.33. The number of methoxy groups -OCH3 is 1. The normalized spacial score (nSPS) is 11.8. The van der Waals surface area contributed by atoms with Crippen molar-refractivity contribution in [2.45, 2.75) is 19.4 Å². The number of esters is 1. The summed E-state index contributed by atoms with van der Waals surface area (Å²) >= 11 is 1.44. The molecule has 8 nitrogen and oxygen atoms in total. The Morgan fingerprint density at radius 3 is 2.50 bits per heavy atom. The summed E-state index contributed by atoms with van der Waals surface area (Å²) in [4.78, 5) is 34.7. The molecule has 0 aliphatic heterocycles. The second-order valence-electron chi connectivity index (χ2n) is 8.62. The maximum absolute atomic E-state index is 12.0. The van der Waals surface area contributed by atoms with E-state index in [1.807, 2.05) is 50.5 Å². The molecule has 0 radical (unpaired) electrons. The number of benzene rings is 2. The van der Waals surface area contributed by atoms with Gasteiger partial charge < -0.3 is 24.8 Å². The summed E-state index contributed by atoms with van der Waals surface area (Å²) in [6.45, 7) is 0.806. The molecule has 4 aromatic rings. The van der Waals surface area contributed by atoms with E-state index in [1.54, 1.807) is 18.2 Å². The molecular formula is C27H27N3O5S. The Morgan fingerprint density at radius 1 is 1.08 bits per heavy atom. The number of hydrogen-bond donors (Lipinski definition) is 3. The molecule has 9 heteroatoms. The highest BCUT2D eigenvalue weighted by atomic mass is 32.1. The summed E-state index contributed by atoms with van der Waals surface area (Å²) < 4.78 is 4.81. The number of H-pyrrole nitrogens is 1. The second-order valence-corrected chi connectivity index (χ2v) is 9.79. The Hall–Kier alpha value is -3.95. The van der Waals surface area contributed by atoms with E-state index in [1.165, 1.54) is 18.4 Å². The topological polar surface area (TPSA) is 115 Å². The fourth-order valence-electron chi connectivity index (χ4n) is 3.94. The van der Waals surface area contributed by atoms with Crippen molar-refractivity contribution in [2.75, 3.05) is 21.2 Å². The van der Waals surface area contributed by atoms with E-state index in [0.29, 0.717) is 39.8 Å². The largest absolute Gasteiger partial charge is 0.494 e. The molecule has 3 N–H and O–H groups in total. The number of carboxylic acids is 1. The SMILES string of the molecule is COC(=O)c1ccc2c(C(=Nc3ccc(CN(C)C)cc3)c3ccc(CCC(=O)O)s3)c(O)[nH]c2c1. The summed E-state index contributed by atoms with van der Waals surface area (Å²) in [5.41, 5.74) is 3.86. The van der Waals surface area contributed by atoms with Gasteiger partial charge in [0.15, 0.2) is 5.88 Å². The first-order chi connectivity index (χ1) is 17.2. The van der Waals surface area contributed by atoms with Crippen LogP contribution in [0.1, 0.15) is 37.7 Å². The van der Waals surface area contributed by atoms with Crippen molar-refractivity contribution in [2.24, 2.45) is 4.99 Å². The molecule has 0 atom stereocenters. The van der Waals surface area contributed by atoms with Crippen LogP contribution in [0.3, 0.4) is 0 Å². The Morgan fingerprint density at radius 2 is 1.83 bits per heavy atom. The van der Waals surface area contributed by atoms with Gasteiger partial charge in [-0.25, -0.2) is 9.79 Å². The van der Waals surface area contributed by atoms with Crippen LogP contribution in [0.5, 0.6) is 5.88 Å². The minimum absolute atomic E-state index is 0.0361. The number of ether oxygens (including phenoxy) is 1. The molecule has 0 amide bonds. The van der Waals surface area contributed by atoms with Crippen LogP contribution in [0.2, 0.25) is 0 Å². The monoisotopic (exact) mass is 505 g/mol. The molecule has 0 unspecified atom stereocenters. The third-order valence-corrected chi connectivity index (χ3v) is 6.74. The van der Waals surface area contributed by atoms with Crippen LogP contribution in [0.4, 0.5) is 5.69 Å². The molecule has 0 saturated carbocycles. The average Bonchev–Trinajstić information content (AvgIpc) is 3.44. The zero-order chi connectivity index (χ0) is 25.8. The first-order valence-corrected chi connectivity index (χ1v) is 12.1. The molecule has 4 rings (SSSR count). The number of thiophene rings is 1. The van der Waals surface area contributed by atoms with Gasteiger partial charge in [-0.3, -0.25) is 4.79 Å². The van der Waals surface area contributed by atoms with E-state index in [-0.39, 0.29) is 12.3 Å². The number of carbonyl (C=O) groups excluding carboxylic acids is 1. The zero-order valence-electron chi connectivity index (χ0n) is 20.2. The maximum atomic E-state index is 12.0. The highest BCUT2D eigenvalue weighted by Crippen LogP contribution is 2.34. The van der Waals surface area contributed by atoms with Gasteiger partial charge >= 0.3 is 11.9 Å². The van der Waals surface area contributed by atoms with Gasteiger partial charge in [0, 0.05) is 22.3 Å². The number of aromatic amines is 1. The summed E-state index contributed by atoms with van der Waals surface area (Å²) in [6.07, 6.45) is 0.448. The molecule has 0 fully saturated rings. The number of rotatable bonds is 9. The lowest BCUT2D eigenvalue weighted by atomic mass is 10.0. The Balaban J connectivity index is 1.82. The van der Waals surface area contributed by atoms with Crippen LogP contribution in [0.15, 0.2) is 59.6 Å². The predicted molar refractivity (Wildman–Crippen MR) is 141 cm³/mol. The van der Waals surface area contributed by atoms with Crippen LogP contribution in [0.25, 0.3) is 10.9 Å². The van der Waals surface area contributed by atoms with Gasteiger partial charge in [0.1, 0.15) is 0 Å². The summed E-state index contributed by atoms with van der Waals surface area (Å²) in [6, 6.07) is 16.7. The third kappa shape index (κ3) is 5.64. The molecule has 0 bridgehead atoms. The smallest absolute Gasteiger partial charge is 0.337 e. The number of hydrogen-bond acceptors (Lipinski definition) is 7. The van der Waals surface area contributed by atoms with Crippen LogP contribution >= 0.6 is 11.3 Å². The van der Waals surface area contributed by atoms with E-state index in [0.717, 1.165) is 21.9 Å². The lowest BCUT2D eigenvalue weighted by molar-refractivity contribution is -0.136. The molecule has 0 aliphatic carbocycles. The van der Waals surface area contributed by atoms with Crippen LogP contribution in [0, 0.1) is 0 Å². The lowest BCUT2D eigenvalue weighted by Gasteiger charge is -2.10. The Labute approximate surface area is 212 Å². The number of aliphatic carboxylic acids is 1. The Kier molecular flexibility index (Phi) is 7.52. The number of carbonyl (C=O) groups is 2. The number of nitrogens with zero attached hydrogens (tertiary/aromatic N) is 2. The molecule has 2 aromatic heterocycles. The van der Waals surface area contributed by atoms with Crippen LogP contribution in [-0.4, -0.2) is 59.0 Å². The van der Waals surface area contributed by atoms with E-state index in [9.17, 15) is 14.7 Å². The molecule has 2 aromatic carbocycles. The van der Waals surface area contributed by atoms with Crippen molar-refractivity contribution in [1.82, 2.24) is 9.88 Å². The van der Waals surface area contributed by atoms with Gasteiger partial charge in [-0.2, -0.15) is 0 Å². The van der Waals surface area contributed by atoms with Gasteiger partial charge in [-0.05, 0) is 62.5 Å². The van der Waals surface area contributed by atoms with Crippen molar-refractivity contribution in [3.8, 4) is 5.88 Å². The number of fused-ring (bicyclic) bond motifs is 1. The maximum Gasteiger partial charge on any atom is 0.337 e. The van der Waals surface area contributed by atoms with Crippen LogP contribution in [-0.2, 0) is 22.5 Å². The quantitative estimate of drug-likeness (QED) is 0.219. The standard InChI is InChI=1S/C27H27N3O5S/c1-30(2)15-16-4-7-18(8-5-16)28-25(22-12-9-19(36-22)10-13-23(31)32)24-20-11-6-17(27(34)35-3)14-21(20)29-26(24)33/h4-9,11-12,14,29,33H,10,13,15H2,1-3H3,(H,31,32). The van der Waals surface area contributed by atoms with Gasteiger partial charge in [0.05, 0.1) is 40.9 Å². The molecule has 0 spiro atoms. The van der Waals surface area contributed by atoms with Crippen molar-refractivity contribution in [3.05, 3.63) is 81.0 Å². The highest BCUT2D eigenvalue weighted by molar-refractivity contribution is 7.14. The molecule has 186 valence electrons. The minimum Gasteiger partial charge on any atom is -0.494 e. The molecule has 2 heterocycles. The van der Waals surface area contributed by atoms with Crippen molar-refractivity contribution >= 4 is 45.6 Å². The van der Waals surface area contributed by atoms with Gasteiger partial charge in [-0.15, -0.1) is 11.3 Å². The van der Waals surface area contributed by atoms with Gasteiger partial charge in [0.25, 0.3) is 0 Å². The van der Waals surface area contributed by atoms with Crippen molar-refractivity contribution in [1.29, 1.82) is 0 Å². The number of nitrogens with one attached hydrogen (secondary N) is 1. The number of aromatic nitrogens is 1. The fourth-order valence-corrected chi connectivity index (χ4v) is 4.94. The number of aromatic hydroxyl groups is 1. The van der Waals surface area contributed by atoms with Crippen molar-refractivity contribution < 1.29 is 24.5 Å². The molecular weight excluding hydrogens is 478 g/mol. The summed E-state index contributed by atoms with van der Waals surface area (Å²) in [5.74, 6) is -1.40. The lowest BCUT2D eigenvalue weighted by Crippen LogP contribution is -2.10. The highest BCUT2D eigenvalue weighted by Gasteiger charge is 2.21. The van der Waals surface area contributed by atoms with Crippen LogP contribution < -0.4 is 0 Å². The first-order valence-electron chi connectivity index (χ1n) is 11.3. The predicted octanol–water partition coefficient (Wildman–Crippen LogP) is 4.97. The van der Waals surface area contributed by atoms with Gasteiger partial charge in [0.2, 0.25) is 0 Å². The minimum atomic E-state index is -0.854. The van der Waals surface area contributed by atoms with E-state index >= 15 is 0 Å². The average molecular weight is 506 g/mol. The van der Waals surface area contributed by atoms with E-state index in [2.05, 4.69) is 9.88 Å². The summed E-state index contributed by atoms with van der Waals surface area (Å²) in [5, 5.41) is 20.7. The number of aliphatic imine (C=N–C) groups is 1.